The van der Waals surface area contributed by atoms with E-state index in [0.29, 0.717) is 18.3 Å². The number of aryl methyl sites for hydroxylation is 1. The predicted octanol–water partition coefficient (Wildman–Crippen LogP) is 1.92. The maximum Gasteiger partial charge on any atom is 0.245 e. The molecule has 2 heterocycles. The second-order valence-electron chi connectivity index (χ2n) is 5.76. The largest absolute Gasteiger partial charge is 0.497 e. The Kier molecular flexibility index (Phi) is 6.06. The van der Waals surface area contributed by atoms with E-state index in [2.05, 4.69) is 35.0 Å². The van der Waals surface area contributed by atoms with Gasteiger partial charge in [-0.25, -0.2) is 18.1 Å². The van der Waals surface area contributed by atoms with Crippen LogP contribution >= 0.6 is 0 Å². The normalized spacial score (nSPS) is 11.2. The molecule has 2 aromatic heterocycles. The summed E-state index contributed by atoms with van der Waals surface area (Å²) in [5.41, 5.74) is 1.62. The number of ether oxygens (including phenoxy) is 1. The van der Waals surface area contributed by atoms with Crippen LogP contribution in [0.15, 0.2) is 52.2 Å². The smallest absolute Gasteiger partial charge is 0.245 e. The van der Waals surface area contributed by atoms with Crippen molar-refractivity contribution < 1.29 is 17.7 Å². The van der Waals surface area contributed by atoms with Crippen molar-refractivity contribution in [3.05, 3.63) is 48.5 Å². The molecule has 10 nitrogen and oxygen atoms in total. The van der Waals surface area contributed by atoms with Gasteiger partial charge in [-0.1, -0.05) is 5.16 Å². The quantitative estimate of drug-likeness (QED) is 0.458. The van der Waals surface area contributed by atoms with E-state index in [-0.39, 0.29) is 11.4 Å². The molecule has 0 amide bonds. The molecule has 3 aromatic rings. The van der Waals surface area contributed by atoms with E-state index in [1.807, 2.05) is 37.3 Å². The van der Waals surface area contributed by atoms with Crippen molar-refractivity contribution in [2.45, 2.75) is 11.8 Å². The van der Waals surface area contributed by atoms with Crippen LogP contribution in [0, 0.1) is 6.92 Å². The highest BCUT2D eigenvalue weighted by molar-refractivity contribution is 7.89. The number of rotatable bonds is 9. The van der Waals surface area contributed by atoms with E-state index in [1.165, 1.54) is 0 Å². The van der Waals surface area contributed by atoms with Crippen molar-refractivity contribution in [2.75, 3.05) is 30.8 Å². The van der Waals surface area contributed by atoms with Gasteiger partial charge in [-0.2, -0.15) is 4.98 Å². The van der Waals surface area contributed by atoms with Gasteiger partial charge >= 0.3 is 0 Å². The Morgan fingerprint density at radius 3 is 2.61 bits per heavy atom. The number of aromatic nitrogens is 3. The lowest BCUT2D eigenvalue weighted by Crippen LogP contribution is -2.29. The lowest BCUT2D eigenvalue weighted by molar-refractivity contribution is 0.415. The van der Waals surface area contributed by atoms with Gasteiger partial charge < -0.3 is 19.9 Å². The van der Waals surface area contributed by atoms with Crippen LogP contribution in [-0.4, -0.2) is 43.7 Å². The van der Waals surface area contributed by atoms with Gasteiger partial charge in [-0.3, -0.25) is 0 Å². The fourth-order valence-corrected chi connectivity index (χ4v) is 3.19. The van der Waals surface area contributed by atoms with Gasteiger partial charge in [0.25, 0.3) is 0 Å². The topological polar surface area (TPSA) is 131 Å². The van der Waals surface area contributed by atoms with E-state index in [4.69, 9.17) is 4.74 Å². The minimum Gasteiger partial charge on any atom is -0.497 e. The highest BCUT2D eigenvalue weighted by Crippen LogP contribution is 2.19. The zero-order valence-corrected chi connectivity index (χ0v) is 16.2. The molecule has 0 aliphatic heterocycles. The summed E-state index contributed by atoms with van der Waals surface area (Å²) in [6.45, 7) is 2.29. The molecule has 148 valence electrons. The molecule has 0 radical (unpaired) electrons. The van der Waals surface area contributed by atoms with Crippen LogP contribution in [0.25, 0.3) is 0 Å². The van der Waals surface area contributed by atoms with Crippen LogP contribution in [-0.2, 0) is 10.0 Å². The van der Waals surface area contributed by atoms with E-state index in [0.717, 1.165) is 29.6 Å². The SMILES string of the molecule is COc1ccc(Nc2cc(C)nc(NCCNS(=O)(=O)c3cnoc3)n2)cc1. The van der Waals surface area contributed by atoms with Gasteiger partial charge in [0.1, 0.15) is 22.7 Å². The summed E-state index contributed by atoms with van der Waals surface area (Å²) in [6.07, 6.45) is 2.20. The fourth-order valence-electron chi connectivity index (χ4n) is 2.30. The van der Waals surface area contributed by atoms with Gasteiger partial charge in [0.15, 0.2) is 0 Å². The average Bonchev–Trinajstić information content (AvgIpc) is 3.21. The fraction of sp³-hybridized carbons (Fsp3) is 0.235. The molecule has 3 N–H and O–H groups in total. The Hall–Kier alpha value is -3.18. The number of benzene rings is 1. The maximum absolute atomic E-state index is 12.0. The molecule has 0 atom stereocenters. The Bertz CT molecular complexity index is 1010. The van der Waals surface area contributed by atoms with Crippen LogP contribution in [0.4, 0.5) is 17.5 Å². The lowest BCUT2D eigenvalue weighted by atomic mass is 10.3. The summed E-state index contributed by atoms with van der Waals surface area (Å²) in [4.78, 5) is 8.67. The van der Waals surface area contributed by atoms with Crippen molar-refractivity contribution in [1.29, 1.82) is 0 Å². The standard InChI is InChI=1S/C17H20N6O4S/c1-12-9-16(22-13-3-5-14(26-2)6-4-13)23-17(21-12)18-7-8-20-28(24,25)15-10-19-27-11-15/h3-6,9-11,20H,7-8H2,1-2H3,(H2,18,21,22,23). The van der Waals surface area contributed by atoms with E-state index in [1.54, 1.807) is 7.11 Å². The van der Waals surface area contributed by atoms with Gasteiger partial charge in [-0.15, -0.1) is 0 Å². The third-order valence-electron chi connectivity index (χ3n) is 3.64. The van der Waals surface area contributed by atoms with Crippen molar-refractivity contribution >= 4 is 27.5 Å². The first kappa shape index (κ1) is 19.6. The van der Waals surface area contributed by atoms with E-state index >= 15 is 0 Å². The van der Waals surface area contributed by atoms with Crippen molar-refractivity contribution in [1.82, 2.24) is 19.8 Å². The van der Waals surface area contributed by atoms with Gasteiger partial charge in [0.2, 0.25) is 16.0 Å². The van der Waals surface area contributed by atoms with Crippen LogP contribution in [0.1, 0.15) is 5.69 Å². The average molecular weight is 404 g/mol. The molecule has 0 aliphatic carbocycles. The zero-order chi connectivity index (χ0) is 20.0. The van der Waals surface area contributed by atoms with Crippen LogP contribution in [0.5, 0.6) is 5.75 Å². The summed E-state index contributed by atoms with van der Waals surface area (Å²) < 4.78 is 36.1. The zero-order valence-electron chi connectivity index (χ0n) is 15.3. The summed E-state index contributed by atoms with van der Waals surface area (Å²) in [7, 11) is -2.03. The van der Waals surface area contributed by atoms with E-state index in [9.17, 15) is 8.42 Å². The summed E-state index contributed by atoms with van der Waals surface area (Å²) in [5, 5.41) is 9.58. The Morgan fingerprint density at radius 1 is 1.14 bits per heavy atom. The Morgan fingerprint density at radius 2 is 1.93 bits per heavy atom. The molecule has 0 aliphatic rings. The molecule has 0 spiro atoms. The molecule has 0 fully saturated rings. The molecular weight excluding hydrogens is 384 g/mol. The maximum atomic E-state index is 12.0. The minimum absolute atomic E-state index is 0.0229. The molecule has 0 saturated carbocycles. The summed E-state index contributed by atoms with van der Waals surface area (Å²) in [6, 6.07) is 9.25. The second kappa shape index (κ2) is 8.67. The number of sulfonamides is 1. The van der Waals surface area contributed by atoms with Crippen molar-refractivity contribution in [3.63, 3.8) is 0 Å². The molecule has 3 rings (SSSR count). The molecular formula is C17H20N6O4S. The molecule has 0 bridgehead atoms. The lowest BCUT2D eigenvalue weighted by Gasteiger charge is -2.11. The summed E-state index contributed by atoms with van der Waals surface area (Å²) >= 11 is 0. The highest BCUT2D eigenvalue weighted by atomic mass is 32.2. The monoisotopic (exact) mass is 404 g/mol. The van der Waals surface area contributed by atoms with Gasteiger partial charge in [0.05, 0.1) is 13.3 Å². The molecule has 1 aromatic carbocycles. The van der Waals surface area contributed by atoms with Crippen LogP contribution in [0.2, 0.25) is 0 Å². The summed E-state index contributed by atoms with van der Waals surface area (Å²) in [5.74, 6) is 1.77. The number of anilines is 3. The first-order valence-corrected chi connectivity index (χ1v) is 9.84. The number of hydrogen-bond acceptors (Lipinski definition) is 9. The number of nitrogens with one attached hydrogen (secondary N) is 3. The van der Waals surface area contributed by atoms with Gasteiger partial charge in [0, 0.05) is 30.5 Å². The molecule has 0 saturated heterocycles. The molecule has 28 heavy (non-hydrogen) atoms. The number of nitrogens with zero attached hydrogens (tertiary/aromatic N) is 3. The van der Waals surface area contributed by atoms with Gasteiger partial charge in [-0.05, 0) is 31.2 Å². The Balaban J connectivity index is 1.57. The predicted molar refractivity (Wildman–Crippen MR) is 103 cm³/mol. The molecule has 0 unspecified atom stereocenters. The second-order valence-corrected chi connectivity index (χ2v) is 7.52. The van der Waals surface area contributed by atoms with Crippen LogP contribution < -0.4 is 20.1 Å². The van der Waals surface area contributed by atoms with Crippen molar-refractivity contribution in [2.24, 2.45) is 0 Å². The third-order valence-corrected chi connectivity index (χ3v) is 5.04. The first-order valence-electron chi connectivity index (χ1n) is 8.36. The van der Waals surface area contributed by atoms with Crippen molar-refractivity contribution in [3.8, 4) is 5.75 Å². The minimum atomic E-state index is -3.64. The number of methoxy groups -OCH3 is 1. The van der Waals surface area contributed by atoms with Crippen LogP contribution in [0.3, 0.4) is 0 Å². The third kappa shape index (κ3) is 5.18. The number of hydrogen-bond donors (Lipinski definition) is 3. The highest BCUT2D eigenvalue weighted by Gasteiger charge is 2.15. The molecule has 11 heteroatoms. The Labute approximate surface area is 162 Å². The first-order chi connectivity index (χ1) is 13.5. The van der Waals surface area contributed by atoms with E-state index < -0.39 is 10.0 Å².